The number of nitrogens with one attached hydrogen (secondary N) is 1. The molecule has 28 heavy (non-hydrogen) atoms. The molecule has 1 aliphatic heterocycles. The molecule has 1 amide bonds. The molecule has 3 aliphatic carbocycles. The number of carbonyl (C=O) groups excluding carboxylic acids is 1. The summed E-state index contributed by atoms with van der Waals surface area (Å²) in [4.78, 5) is 12.0. The largest absolute Gasteiger partial charge is 0.399 e. The van der Waals surface area contributed by atoms with Crippen molar-refractivity contribution in [1.82, 2.24) is 5.32 Å². The third-order valence-electron chi connectivity index (χ3n) is 9.22. The van der Waals surface area contributed by atoms with Crippen LogP contribution in [0.5, 0.6) is 0 Å². The highest BCUT2D eigenvalue weighted by atomic mass is 16.1. The van der Waals surface area contributed by atoms with Gasteiger partial charge in [0.05, 0.1) is 0 Å². The normalized spacial score (nSPS) is 43.8. The Bertz CT molecular complexity index is 812. The van der Waals surface area contributed by atoms with Crippen molar-refractivity contribution in [2.24, 2.45) is 28.6 Å². The molecule has 1 heterocycles. The van der Waals surface area contributed by atoms with Crippen LogP contribution in [0, 0.1) is 28.6 Å². The molecule has 0 radical (unpaired) electrons. The van der Waals surface area contributed by atoms with E-state index < -0.39 is 0 Å². The monoisotopic (exact) mass is 378 g/mol. The van der Waals surface area contributed by atoms with Crippen molar-refractivity contribution in [2.45, 2.75) is 71.3 Å². The zero-order valence-corrected chi connectivity index (χ0v) is 17.3. The first-order valence-electron chi connectivity index (χ1n) is 11.3. The molecule has 1 aromatic rings. The summed E-state index contributed by atoms with van der Waals surface area (Å²) in [6.07, 6.45) is 11.9. The number of amides is 1. The van der Waals surface area contributed by atoms with E-state index in [9.17, 15) is 4.79 Å². The second kappa shape index (κ2) is 6.37. The van der Waals surface area contributed by atoms with Gasteiger partial charge in [0.15, 0.2) is 0 Å². The van der Waals surface area contributed by atoms with E-state index in [-0.39, 0.29) is 5.91 Å². The molecule has 1 aromatic carbocycles. The lowest BCUT2D eigenvalue weighted by Crippen LogP contribution is -2.60. The molecule has 1 saturated heterocycles. The first-order chi connectivity index (χ1) is 13.4. The van der Waals surface area contributed by atoms with E-state index in [0.717, 1.165) is 36.3 Å². The quantitative estimate of drug-likeness (QED) is 0.662. The number of piperidine rings is 1. The number of hydrogen-bond acceptors (Lipinski definition) is 2. The summed E-state index contributed by atoms with van der Waals surface area (Å²) in [5.74, 6) is 2.69. The summed E-state index contributed by atoms with van der Waals surface area (Å²) in [6.45, 7) is 5.03. The number of rotatable bonds is 1. The van der Waals surface area contributed by atoms with E-state index >= 15 is 0 Å². The molecule has 150 valence electrons. The second-order valence-corrected chi connectivity index (χ2v) is 10.4. The van der Waals surface area contributed by atoms with E-state index in [1.165, 1.54) is 44.1 Å². The summed E-state index contributed by atoms with van der Waals surface area (Å²) in [7, 11) is 0. The van der Waals surface area contributed by atoms with Crippen molar-refractivity contribution < 1.29 is 4.79 Å². The third kappa shape index (κ3) is 2.65. The van der Waals surface area contributed by atoms with Crippen LogP contribution < -0.4 is 11.1 Å². The molecule has 6 atom stereocenters. The number of benzene rings is 1. The second-order valence-electron chi connectivity index (χ2n) is 10.4. The van der Waals surface area contributed by atoms with Gasteiger partial charge >= 0.3 is 0 Å². The van der Waals surface area contributed by atoms with E-state index in [2.05, 4.69) is 37.4 Å². The number of carbonyl (C=O) groups is 1. The Kier molecular flexibility index (Phi) is 4.16. The highest BCUT2D eigenvalue weighted by molar-refractivity contribution is 5.77. The van der Waals surface area contributed by atoms with Gasteiger partial charge in [-0.15, -0.1) is 0 Å². The molecular formula is C25H34N2O. The Balaban J connectivity index is 1.42. The Hall–Kier alpha value is -1.77. The molecule has 4 aliphatic rings. The van der Waals surface area contributed by atoms with Crippen LogP contribution in [0.2, 0.25) is 0 Å². The molecule has 0 spiro atoms. The maximum absolute atomic E-state index is 12.0. The van der Waals surface area contributed by atoms with Gasteiger partial charge in [-0.1, -0.05) is 37.6 Å². The third-order valence-corrected chi connectivity index (χ3v) is 9.22. The molecule has 0 unspecified atom stereocenters. The van der Waals surface area contributed by atoms with E-state index in [0.29, 0.717) is 16.9 Å². The Morgan fingerprint density at radius 1 is 1.00 bits per heavy atom. The standard InChI is InChI=1S/C25H34N2O/c1-24-13-11-21-19(8-10-22-25(21,2)14-12-23(28)27-22)20(24)9-5-17(24)15-16-3-6-18(26)7-4-16/h3-4,6-7,15,19-22H,5,8-14,26H2,1-2H3,(H,27,28)/b17-15+/t19-,20-,21-,22+,24+,25+/m0/s1. The number of allylic oxidation sites excluding steroid dienone is 1. The number of hydrogen-bond donors (Lipinski definition) is 2. The zero-order valence-electron chi connectivity index (χ0n) is 17.3. The van der Waals surface area contributed by atoms with Gasteiger partial charge in [0, 0.05) is 18.2 Å². The highest BCUT2D eigenvalue weighted by Gasteiger charge is 2.59. The SMILES string of the molecule is C[C@]12CCC(=O)N[C@@H]1CC[C@@H]1[C@@H]2CC[C@]2(C)/C(=C/c3ccc(N)cc3)CC[C@@H]12. The lowest BCUT2D eigenvalue weighted by atomic mass is 9.47. The number of anilines is 1. The van der Waals surface area contributed by atoms with Crippen molar-refractivity contribution in [1.29, 1.82) is 0 Å². The highest BCUT2D eigenvalue weighted by Crippen LogP contribution is 2.65. The Morgan fingerprint density at radius 2 is 1.79 bits per heavy atom. The van der Waals surface area contributed by atoms with Gasteiger partial charge in [-0.25, -0.2) is 0 Å². The van der Waals surface area contributed by atoms with E-state index in [1.807, 2.05) is 12.1 Å². The Labute approximate surface area is 169 Å². The fourth-order valence-electron chi connectivity index (χ4n) is 7.58. The molecule has 4 fully saturated rings. The maximum Gasteiger partial charge on any atom is 0.220 e. The van der Waals surface area contributed by atoms with Crippen LogP contribution in [0.25, 0.3) is 6.08 Å². The molecule has 0 bridgehead atoms. The topological polar surface area (TPSA) is 55.1 Å². The fraction of sp³-hybridized carbons (Fsp3) is 0.640. The lowest BCUT2D eigenvalue weighted by Gasteiger charge is -2.59. The van der Waals surface area contributed by atoms with Crippen molar-refractivity contribution in [3.05, 3.63) is 35.4 Å². The van der Waals surface area contributed by atoms with Gasteiger partial charge in [0.2, 0.25) is 5.91 Å². The summed E-state index contributed by atoms with van der Waals surface area (Å²) < 4.78 is 0. The molecule has 3 N–H and O–H groups in total. The van der Waals surface area contributed by atoms with Crippen molar-refractivity contribution in [3.8, 4) is 0 Å². The fourth-order valence-corrected chi connectivity index (χ4v) is 7.58. The van der Waals surface area contributed by atoms with Crippen LogP contribution in [0.1, 0.15) is 70.8 Å². The Morgan fingerprint density at radius 3 is 2.57 bits per heavy atom. The van der Waals surface area contributed by atoms with Gasteiger partial charge < -0.3 is 11.1 Å². The van der Waals surface area contributed by atoms with Gasteiger partial charge in [0.25, 0.3) is 0 Å². The average molecular weight is 379 g/mol. The summed E-state index contributed by atoms with van der Waals surface area (Å²) >= 11 is 0. The predicted molar refractivity (Wildman–Crippen MR) is 114 cm³/mol. The minimum Gasteiger partial charge on any atom is -0.399 e. The van der Waals surface area contributed by atoms with Crippen molar-refractivity contribution >= 4 is 17.7 Å². The smallest absolute Gasteiger partial charge is 0.220 e. The van der Waals surface area contributed by atoms with Crippen molar-refractivity contribution in [3.63, 3.8) is 0 Å². The molecule has 3 heteroatoms. The summed E-state index contributed by atoms with van der Waals surface area (Å²) in [5.41, 5.74) is 10.3. The van der Waals surface area contributed by atoms with Crippen LogP contribution in [0.4, 0.5) is 5.69 Å². The zero-order chi connectivity index (χ0) is 19.5. The lowest BCUT2D eigenvalue weighted by molar-refractivity contribution is -0.134. The molecule has 3 saturated carbocycles. The molecular weight excluding hydrogens is 344 g/mol. The maximum atomic E-state index is 12.0. The number of fused-ring (bicyclic) bond motifs is 5. The minimum absolute atomic E-state index is 0.274. The molecule has 3 nitrogen and oxygen atoms in total. The first kappa shape index (κ1) is 18.3. The minimum atomic E-state index is 0.274. The van der Waals surface area contributed by atoms with Gasteiger partial charge in [-0.05, 0) is 91.2 Å². The van der Waals surface area contributed by atoms with Gasteiger partial charge in [-0.3, -0.25) is 4.79 Å². The van der Waals surface area contributed by atoms with E-state index in [1.54, 1.807) is 5.57 Å². The van der Waals surface area contributed by atoms with Crippen molar-refractivity contribution in [2.75, 3.05) is 5.73 Å². The van der Waals surface area contributed by atoms with Gasteiger partial charge in [-0.2, -0.15) is 0 Å². The summed E-state index contributed by atoms with van der Waals surface area (Å²) in [6, 6.07) is 8.74. The van der Waals surface area contributed by atoms with Crippen LogP contribution in [0.15, 0.2) is 29.8 Å². The van der Waals surface area contributed by atoms with Crippen LogP contribution >= 0.6 is 0 Å². The van der Waals surface area contributed by atoms with Crippen LogP contribution in [-0.2, 0) is 4.79 Å². The summed E-state index contributed by atoms with van der Waals surface area (Å²) in [5, 5.41) is 3.35. The molecule has 0 aromatic heterocycles. The molecule has 5 rings (SSSR count). The van der Waals surface area contributed by atoms with Crippen LogP contribution in [0.3, 0.4) is 0 Å². The first-order valence-corrected chi connectivity index (χ1v) is 11.3. The van der Waals surface area contributed by atoms with E-state index in [4.69, 9.17) is 5.73 Å². The number of nitrogen functional groups attached to an aromatic ring is 1. The average Bonchev–Trinajstić information content (AvgIpc) is 3.00. The van der Waals surface area contributed by atoms with Gasteiger partial charge in [0.1, 0.15) is 0 Å². The van der Waals surface area contributed by atoms with Crippen LogP contribution in [-0.4, -0.2) is 11.9 Å². The number of nitrogens with two attached hydrogens (primary N) is 1. The predicted octanol–water partition coefficient (Wildman–Crippen LogP) is 5.17.